The van der Waals surface area contributed by atoms with Crippen LogP contribution in [0.1, 0.15) is 44.7 Å². The lowest BCUT2D eigenvalue weighted by molar-refractivity contribution is 0.0604. The molecule has 108 valence electrons. The number of carbonyl (C=O) groups excluding carboxylic acids is 1. The number of hydrogen-bond donors (Lipinski definition) is 0. The summed E-state index contributed by atoms with van der Waals surface area (Å²) in [5.41, 5.74) is 2.48. The smallest absolute Gasteiger partial charge is 0.434 e. The average molecular weight is 275 g/mol. The molecule has 0 aliphatic heterocycles. The second-order valence-electron chi connectivity index (χ2n) is 5.92. The first-order valence-electron chi connectivity index (χ1n) is 6.87. The van der Waals surface area contributed by atoms with E-state index in [0.717, 1.165) is 36.3 Å². The van der Waals surface area contributed by atoms with Crippen LogP contribution in [0.3, 0.4) is 0 Å². The molecule has 20 heavy (non-hydrogen) atoms. The van der Waals surface area contributed by atoms with E-state index in [-0.39, 0.29) is 0 Å². The van der Waals surface area contributed by atoms with Crippen molar-refractivity contribution in [2.45, 2.75) is 45.6 Å². The molecular formula is C16H21NO3. The zero-order valence-corrected chi connectivity index (χ0v) is 12.5. The van der Waals surface area contributed by atoms with Crippen LogP contribution in [0.4, 0.5) is 4.79 Å². The largest absolute Gasteiger partial charge is 0.497 e. The molecule has 1 aromatic rings. The SMILES string of the molecule is COc1ccc2c(c1)/C(=N\C(=O)OC(C)(C)C)CCC2. The predicted octanol–water partition coefficient (Wildman–Crippen LogP) is 3.76. The lowest BCUT2D eigenvalue weighted by Crippen LogP contribution is -2.23. The standard InChI is InChI=1S/C16H21NO3/c1-16(2,3)20-15(18)17-14-7-5-6-11-8-9-12(19-4)10-13(11)14/h8-10H,5-7H2,1-4H3/b17-14-. The minimum atomic E-state index is -0.525. The van der Waals surface area contributed by atoms with Gasteiger partial charge in [0.15, 0.2) is 0 Å². The van der Waals surface area contributed by atoms with Crippen molar-refractivity contribution in [2.75, 3.05) is 7.11 Å². The van der Waals surface area contributed by atoms with Crippen LogP contribution in [0.2, 0.25) is 0 Å². The van der Waals surface area contributed by atoms with E-state index in [4.69, 9.17) is 9.47 Å². The van der Waals surface area contributed by atoms with E-state index in [0.29, 0.717) is 0 Å². The number of ether oxygens (including phenoxy) is 2. The van der Waals surface area contributed by atoms with Crippen molar-refractivity contribution in [1.29, 1.82) is 0 Å². The van der Waals surface area contributed by atoms with Gasteiger partial charge in [0.2, 0.25) is 0 Å². The number of nitrogens with zero attached hydrogens (tertiary/aromatic N) is 1. The van der Waals surface area contributed by atoms with Crippen LogP contribution in [-0.4, -0.2) is 24.5 Å². The molecule has 0 bridgehead atoms. The van der Waals surface area contributed by atoms with Gasteiger partial charge >= 0.3 is 6.09 Å². The number of benzene rings is 1. The van der Waals surface area contributed by atoms with Gasteiger partial charge in [-0.15, -0.1) is 0 Å². The highest BCUT2D eigenvalue weighted by Gasteiger charge is 2.20. The molecule has 0 aromatic heterocycles. The van der Waals surface area contributed by atoms with Crippen LogP contribution in [0.15, 0.2) is 23.2 Å². The summed E-state index contributed by atoms with van der Waals surface area (Å²) in [5, 5.41) is 0. The molecular weight excluding hydrogens is 254 g/mol. The summed E-state index contributed by atoms with van der Waals surface area (Å²) >= 11 is 0. The molecule has 4 nitrogen and oxygen atoms in total. The maximum atomic E-state index is 11.9. The highest BCUT2D eigenvalue weighted by Crippen LogP contribution is 2.26. The fraction of sp³-hybridized carbons (Fsp3) is 0.500. The van der Waals surface area contributed by atoms with Crippen LogP contribution in [-0.2, 0) is 11.2 Å². The minimum absolute atomic E-state index is 0.521. The van der Waals surface area contributed by atoms with Crippen LogP contribution in [0.25, 0.3) is 0 Å². The lowest BCUT2D eigenvalue weighted by Gasteiger charge is -2.20. The van der Waals surface area contributed by atoms with Crippen LogP contribution in [0.5, 0.6) is 5.75 Å². The topological polar surface area (TPSA) is 47.9 Å². The molecule has 0 spiro atoms. The number of rotatable bonds is 1. The van der Waals surface area contributed by atoms with Gasteiger partial charge in [0.05, 0.1) is 12.8 Å². The molecule has 0 heterocycles. The predicted molar refractivity (Wildman–Crippen MR) is 78.7 cm³/mol. The third-order valence-electron chi connectivity index (χ3n) is 3.11. The van der Waals surface area contributed by atoms with Gasteiger partial charge in [0.1, 0.15) is 11.4 Å². The molecule has 2 rings (SSSR count). The van der Waals surface area contributed by atoms with Gasteiger partial charge in [-0.3, -0.25) is 0 Å². The molecule has 1 aromatic carbocycles. The number of amides is 1. The number of methoxy groups -OCH3 is 1. The highest BCUT2D eigenvalue weighted by molar-refractivity contribution is 6.07. The summed E-state index contributed by atoms with van der Waals surface area (Å²) in [4.78, 5) is 16.0. The summed E-state index contributed by atoms with van der Waals surface area (Å²) in [6, 6.07) is 5.92. The number of aryl methyl sites for hydroxylation is 1. The van der Waals surface area contributed by atoms with Gasteiger partial charge < -0.3 is 9.47 Å². The lowest BCUT2D eigenvalue weighted by atomic mass is 9.90. The van der Waals surface area contributed by atoms with E-state index in [1.54, 1.807) is 7.11 Å². The van der Waals surface area contributed by atoms with Crippen molar-refractivity contribution < 1.29 is 14.3 Å². The van der Waals surface area contributed by atoms with Crippen molar-refractivity contribution >= 4 is 11.8 Å². The Morgan fingerprint density at radius 3 is 2.65 bits per heavy atom. The maximum absolute atomic E-state index is 11.9. The van der Waals surface area contributed by atoms with E-state index >= 15 is 0 Å². The molecule has 4 heteroatoms. The zero-order valence-electron chi connectivity index (χ0n) is 12.5. The van der Waals surface area contributed by atoms with Crippen LogP contribution in [0, 0.1) is 0 Å². The van der Waals surface area contributed by atoms with Gasteiger partial charge in [-0.1, -0.05) is 6.07 Å². The van der Waals surface area contributed by atoms with E-state index < -0.39 is 11.7 Å². The number of fused-ring (bicyclic) bond motifs is 1. The van der Waals surface area contributed by atoms with E-state index in [2.05, 4.69) is 4.99 Å². The Morgan fingerprint density at radius 1 is 1.25 bits per heavy atom. The molecule has 0 saturated heterocycles. The molecule has 1 amide bonds. The van der Waals surface area contributed by atoms with E-state index in [1.165, 1.54) is 5.56 Å². The molecule has 0 atom stereocenters. The summed E-state index contributed by atoms with van der Waals surface area (Å²) < 4.78 is 10.5. The first-order chi connectivity index (χ1) is 9.39. The van der Waals surface area contributed by atoms with Gasteiger partial charge in [-0.05, 0) is 57.7 Å². The second-order valence-corrected chi connectivity index (χ2v) is 5.92. The molecule has 0 unspecified atom stereocenters. The molecule has 1 aliphatic carbocycles. The van der Waals surface area contributed by atoms with Crippen molar-refractivity contribution in [1.82, 2.24) is 0 Å². The molecule has 0 fully saturated rings. The second kappa shape index (κ2) is 5.65. The number of hydrogen-bond acceptors (Lipinski definition) is 3. The van der Waals surface area contributed by atoms with Gasteiger partial charge in [0, 0.05) is 5.56 Å². The third-order valence-corrected chi connectivity index (χ3v) is 3.11. The van der Waals surface area contributed by atoms with E-state index in [9.17, 15) is 4.79 Å². The third kappa shape index (κ3) is 3.59. The monoisotopic (exact) mass is 275 g/mol. The average Bonchev–Trinajstić information content (AvgIpc) is 2.36. The summed E-state index contributed by atoms with van der Waals surface area (Å²) in [6.45, 7) is 5.51. The Labute approximate surface area is 119 Å². The first kappa shape index (κ1) is 14.6. The van der Waals surface area contributed by atoms with Gasteiger partial charge in [-0.25, -0.2) is 4.79 Å². The zero-order chi connectivity index (χ0) is 14.8. The molecule has 0 radical (unpaired) electrons. The number of aliphatic imine (C=N–C) groups is 1. The summed E-state index contributed by atoms with van der Waals surface area (Å²) in [7, 11) is 1.63. The molecule has 0 saturated carbocycles. The van der Waals surface area contributed by atoms with Crippen molar-refractivity contribution in [2.24, 2.45) is 4.99 Å². The quantitative estimate of drug-likeness (QED) is 0.784. The normalized spacial score (nSPS) is 16.7. The Bertz CT molecular complexity index is 541. The minimum Gasteiger partial charge on any atom is -0.497 e. The first-order valence-corrected chi connectivity index (χ1v) is 6.87. The number of carbonyl (C=O) groups is 1. The van der Waals surface area contributed by atoms with Gasteiger partial charge in [-0.2, -0.15) is 4.99 Å². The Morgan fingerprint density at radius 2 is 2.00 bits per heavy atom. The van der Waals surface area contributed by atoms with Crippen LogP contribution < -0.4 is 4.74 Å². The Kier molecular flexibility index (Phi) is 4.12. The van der Waals surface area contributed by atoms with Crippen molar-refractivity contribution in [3.05, 3.63) is 29.3 Å². The Balaban J connectivity index is 2.29. The van der Waals surface area contributed by atoms with Crippen LogP contribution >= 0.6 is 0 Å². The van der Waals surface area contributed by atoms with Gasteiger partial charge in [0.25, 0.3) is 0 Å². The maximum Gasteiger partial charge on any atom is 0.434 e. The van der Waals surface area contributed by atoms with Crippen molar-refractivity contribution in [3.63, 3.8) is 0 Å². The fourth-order valence-corrected chi connectivity index (χ4v) is 2.26. The summed E-state index contributed by atoms with van der Waals surface area (Å²) in [5.74, 6) is 0.780. The summed E-state index contributed by atoms with van der Waals surface area (Å²) in [6.07, 6.45) is 2.27. The molecule has 0 N–H and O–H groups in total. The van der Waals surface area contributed by atoms with Crippen molar-refractivity contribution in [3.8, 4) is 5.75 Å². The Hall–Kier alpha value is -1.84. The van der Waals surface area contributed by atoms with E-state index in [1.807, 2.05) is 39.0 Å². The highest BCUT2D eigenvalue weighted by atomic mass is 16.6. The molecule has 1 aliphatic rings. The fourth-order valence-electron chi connectivity index (χ4n) is 2.26.